The molecule has 2 heteroatoms. The molecule has 1 aromatic heterocycles. The SMILES string of the molecule is NC1C=C(c2cccc3ccsc23)CC1. The summed E-state index contributed by atoms with van der Waals surface area (Å²) in [6.07, 6.45) is 4.43. The van der Waals surface area contributed by atoms with Crippen LogP contribution in [0.1, 0.15) is 18.4 Å². The molecule has 1 aliphatic carbocycles. The van der Waals surface area contributed by atoms with Gasteiger partial charge < -0.3 is 5.73 Å². The third-order valence-electron chi connectivity index (χ3n) is 2.99. The molecule has 0 aliphatic heterocycles. The third kappa shape index (κ3) is 1.50. The lowest BCUT2D eigenvalue weighted by atomic mass is 10.0. The summed E-state index contributed by atoms with van der Waals surface area (Å²) in [6.45, 7) is 0. The molecule has 1 aromatic carbocycles. The molecule has 0 radical (unpaired) electrons. The minimum atomic E-state index is 0.259. The van der Waals surface area contributed by atoms with Crippen molar-refractivity contribution in [2.45, 2.75) is 18.9 Å². The van der Waals surface area contributed by atoms with Gasteiger partial charge in [0.2, 0.25) is 0 Å². The second kappa shape index (κ2) is 3.47. The molecule has 15 heavy (non-hydrogen) atoms. The minimum Gasteiger partial charge on any atom is -0.324 e. The van der Waals surface area contributed by atoms with Crippen LogP contribution >= 0.6 is 11.3 Å². The lowest BCUT2D eigenvalue weighted by Gasteiger charge is -2.03. The van der Waals surface area contributed by atoms with Crippen LogP contribution in [-0.2, 0) is 0 Å². The van der Waals surface area contributed by atoms with E-state index in [0.717, 1.165) is 12.8 Å². The Kier molecular flexibility index (Phi) is 2.11. The molecule has 0 spiro atoms. The average Bonchev–Trinajstić information content (AvgIpc) is 2.84. The van der Waals surface area contributed by atoms with Gasteiger partial charge in [-0.05, 0) is 40.8 Å². The second-order valence-corrected chi connectivity index (χ2v) is 4.96. The van der Waals surface area contributed by atoms with E-state index in [1.807, 2.05) is 11.3 Å². The van der Waals surface area contributed by atoms with Gasteiger partial charge in [0.15, 0.2) is 0 Å². The number of rotatable bonds is 1. The predicted molar refractivity (Wildman–Crippen MR) is 67.0 cm³/mol. The molecule has 0 bridgehead atoms. The summed E-state index contributed by atoms with van der Waals surface area (Å²) >= 11 is 1.82. The van der Waals surface area contributed by atoms with Crippen molar-refractivity contribution in [3.05, 3.63) is 41.3 Å². The summed E-state index contributed by atoms with van der Waals surface area (Å²) in [7, 11) is 0. The Morgan fingerprint density at radius 3 is 3.00 bits per heavy atom. The van der Waals surface area contributed by atoms with Gasteiger partial charge in [0.05, 0.1) is 0 Å². The summed E-state index contributed by atoms with van der Waals surface area (Å²) in [5, 5.41) is 3.50. The quantitative estimate of drug-likeness (QED) is 0.775. The summed E-state index contributed by atoms with van der Waals surface area (Å²) < 4.78 is 1.40. The molecule has 0 fully saturated rings. The Bertz CT molecular complexity index is 524. The fraction of sp³-hybridized carbons (Fsp3) is 0.231. The van der Waals surface area contributed by atoms with E-state index in [9.17, 15) is 0 Å². The van der Waals surface area contributed by atoms with Crippen molar-refractivity contribution < 1.29 is 0 Å². The highest BCUT2D eigenvalue weighted by molar-refractivity contribution is 7.17. The number of hydrogen-bond acceptors (Lipinski definition) is 2. The molecular weight excluding hydrogens is 202 g/mol. The topological polar surface area (TPSA) is 26.0 Å². The molecule has 0 amide bonds. The highest BCUT2D eigenvalue weighted by Crippen LogP contribution is 2.34. The first-order chi connectivity index (χ1) is 7.34. The van der Waals surface area contributed by atoms with Gasteiger partial charge in [-0.1, -0.05) is 24.3 Å². The van der Waals surface area contributed by atoms with E-state index < -0.39 is 0 Å². The molecule has 0 saturated carbocycles. The van der Waals surface area contributed by atoms with Gasteiger partial charge in [0.1, 0.15) is 0 Å². The van der Waals surface area contributed by atoms with E-state index in [4.69, 9.17) is 5.73 Å². The molecule has 1 heterocycles. The normalized spacial score (nSPS) is 20.9. The fourth-order valence-corrected chi connectivity index (χ4v) is 3.17. The number of thiophene rings is 1. The Morgan fingerprint density at radius 1 is 1.27 bits per heavy atom. The van der Waals surface area contributed by atoms with E-state index in [-0.39, 0.29) is 6.04 Å². The van der Waals surface area contributed by atoms with Crippen LogP contribution in [0.15, 0.2) is 35.7 Å². The minimum absolute atomic E-state index is 0.259. The van der Waals surface area contributed by atoms with Gasteiger partial charge in [0, 0.05) is 10.7 Å². The average molecular weight is 215 g/mol. The number of fused-ring (bicyclic) bond motifs is 1. The highest BCUT2D eigenvalue weighted by Gasteiger charge is 2.15. The van der Waals surface area contributed by atoms with Gasteiger partial charge in [-0.2, -0.15) is 0 Å². The predicted octanol–water partition coefficient (Wildman–Crippen LogP) is 3.41. The van der Waals surface area contributed by atoms with Crippen molar-refractivity contribution in [1.29, 1.82) is 0 Å². The molecule has 0 saturated heterocycles. The molecule has 76 valence electrons. The maximum Gasteiger partial charge on any atom is 0.0417 e. The Labute approximate surface area is 93.2 Å². The Hall–Kier alpha value is -1.12. The highest BCUT2D eigenvalue weighted by atomic mass is 32.1. The summed E-state index contributed by atoms with van der Waals surface area (Å²) in [5.74, 6) is 0. The summed E-state index contributed by atoms with van der Waals surface area (Å²) in [4.78, 5) is 0. The van der Waals surface area contributed by atoms with Crippen LogP contribution < -0.4 is 5.73 Å². The lowest BCUT2D eigenvalue weighted by molar-refractivity contribution is 0.782. The van der Waals surface area contributed by atoms with Gasteiger partial charge in [-0.15, -0.1) is 11.3 Å². The van der Waals surface area contributed by atoms with E-state index >= 15 is 0 Å². The van der Waals surface area contributed by atoms with Crippen molar-refractivity contribution in [3.63, 3.8) is 0 Å². The zero-order chi connectivity index (χ0) is 10.3. The molecule has 2 aromatic rings. The molecule has 1 aliphatic rings. The zero-order valence-corrected chi connectivity index (χ0v) is 9.26. The maximum absolute atomic E-state index is 5.91. The van der Waals surface area contributed by atoms with Crippen molar-refractivity contribution in [1.82, 2.24) is 0 Å². The van der Waals surface area contributed by atoms with Crippen molar-refractivity contribution in [3.8, 4) is 0 Å². The van der Waals surface area contributed by atoms with Crippen LogP contribution in [0.5, 0.6) is 0 Å². The van der Waals surface area contributed by atoms with Crippen LogP contribution in [-0.4, -0.2) is 6.04 Å². The van der Waals surface area contributed by atoms with Gasteiger partial charge in [0.25, 0.3) is 0 Å². The Morgan fingerprint density at radius 2 is 2.20 bits per heavy atom. The van der Waals surface area contributed by atoms with E-state index in [0.29, 0.717) is 0 Å². The van der Waals surface area contributed by atoms with Gasteiger partial charge >= 0.3 is 0 Å². The van der Waals surface area contributed by atoms with Crippen LogP contribution in [0.2, 0.25) is 0 Å². The van der Waals surface area contributed by atoms with Crippen molar-refractivity contribution in [2.24, 2.45) is 5.73 Å². The summed E-state index contributed by atoms with van der Waals surface area (Å²) in [5.41, 5.74) is 8.72. The van der Waals surface area contributed by atoms with Crippen LogP contribution in [0, 0.1) is 0 Å². The first kappa shape index (κ1) is 9.13. The molecule has 3 rings (SSSR count). The number of benzene rings is 1. The summed E-state index contributed by atoms with van der Waals surface area (Å²) in [6, 6.07) is 8.96. The number of allylic oxidation sites excluding steroid dienone is 1. The van der Waals surface area contributed by atoms with Crippen LogP contribution in [0.4, 0.5) is 0 Å². The fourth-order valence-electron chi connectivity index (χ4n) is 2.22. The zero-order valence-electron chi connectivity index (χ0n) is 8.44. The van der Waals surface area contributed by atoms with Crippen molar-refractivity contribution in [2.75, 3.05) is 0 Å². The third-order valence-corrected chi connectivity index (χ3v) is 3.95. The first-order valence-electron chi connectivity index (χ1n) is 5.27. The smallest absolute Gasteiger partial charge is 0.0417 e. The number of nitrogens with two attached hydrogens (primary N) is 1. The number of hydrogen-bond donors (Lipinski definition) is 1. The monoisotopic (exact) mass is 215 g/mol. The van der Waals surface area contributed by atoms with Crippen LogP contribution in [0.25, 0.3) is 15.7 Å². The Balaban J connectivity index is 2.18. The molecule has 2 N–H and O–H groups in total. The van der Waals surface area contributed by atoms with Crippen LogP contribution in [0.3, 0.4) is 0 Å². The van der Waals surface area contributed by atoms with Gasteiger partial charge in [-0.25, -0.2) is 0 Å². The molecule has 1 unspecified atom stereocenters. The standard InChI is InChI=1S/C13H13NS/c14-11-5-4-10(8-11)12-3-1-2-9-6-7-15-13(9)12/h1-3,6-8,11H,4-5,14H2. The molecule has 1 atom stereocenters. The second-order valence-electron chi connectivity index (χ2n) is 4.04. The van der Waals surface area contributed by atoms with Crippen molar-refractivity contribution >= 4 is 27.0 Å². The molecule has 1 nitrogen and oxygen atoms in total. The van der Waals surface area contributed by atoms with E-state index in [2.05, 4.69) is 35.7 Å². The molecular formula is C13H13NS. The first-order valence-corrected chi connectivity index (χ1v) is 6.15. The largest absolute Gasteiger partial charge is 0.324 e. The van der Waals surface area contributed by atoms with Gasteiger partial charge in [-0.3, -0.25) is 0 Å². The van der Waals surface area contributed by atoms with E-state index in [1.165, 1.54) is 21.2 Å². The lowest BCUT2D eigenvalue weighted by Crippen LogP contribution is -2.11. The van der Waals surface area contributed by atoms with E-state index in [1.54, 1.807) is 0 Å². The maximum atomic E-state index is 5.91.